The van der Waals surface area contributed by atoms with E-state index in [-0.39, 0.29) is 0 Å². The molecule has 108 valence electrons. The molecule has 2 unspecified atom stereocenters. The molecular weight excluding hydrogens is 236 g/mol. The van der Waals surface area contributed by atoms with Gasteiger partial charge in [-0.3, -0.25) is 4.68 Å². The van der Waals surface area contributed by atoms with Crippen molar-refractivity contribution >= 4 is 0 Å². The van der Waals surface area contributed by atoms with Gasteiger partial charge in [-0.15, -0.1) is 0 Å². The van der Waals surface area contributed by atoms with Gasteiger partial charge in [0.15, 0.2) is 0 Å². The molecule has 0 aliphatic heterocycles. The fourth-order valence-electron chi connectivity index (χ4n) is 3.65. The first-order valence-electron chi connectivity index (χ1n) is 7.70. The van der Waals surface area contributed by atoms with Gasteiger partial charge >= 0.3 is 0 Å². The molecule has 2 atom stereocenters. The van der Waals surface area contributed by atoms with Crippen LogP contribution in [0.15, 0.2) is 6.07 Å². The minimum absolute atomic E-state index is 0.418. The van der Waals surface area contributed by atoms with Crippen LogP contribution >= 0.6 is 0 Å². The van der Waals surface area contributed by atoms with E-state index in [1.54, 1.807) is 0 Å². The van der Waals surface area contributed by atoms with Gasteiger partial charge in [0.05, 0.1) is 11.3 Å². The Morgan fingerprint density at radius 2 is 2.21 bits per heavy atom. The zero-order valence-corrected chi connectivity index (χ0v) is 12.8. The van der Waals surface area contributed by atoms with Gasteiger partial charge in [-0.25, -0.2) is 0 Å². The van der Waals surface area contributed by atoms with Gasteiger partial charge in [-0.05, 0) is 37.2 Å². The van der Waals surface area contributed by atoms with E-state index in [4.69, 9.17) is 0 Å². The van der Waals surface area contributed by atoms with E-state index in [1.807, 2.05) is 11.7 Å². The molecule has 1 aliphatic rings. The van der Waals surface area contributed by atoms with Crippen molar-refractivity contribution in [2.24, 2.45) is 18.9 Å². The molecule has 1 aromatic heterocycles. The number of aromatic nitrogens is 2. The second kappa shape index (κ2) is 5.66. The summed E-state index contributed by atoms with van der Waals surface area (Å²) in [5, 5.41) is 15.6. The summed E-state index contributed by atoms with van der Waals surface area (Å²) in [5.41, 5.74) is 1.76. The second-order valence-electron chi connectivity index (χ2n) is 6.48. The van der Waals surface area contributed by atoms with E-state index < -0.39 is 5.60 Å². The lowest BCUT2D eigenvalue weighted by atomic mass is 9.68. The van der Waals surface area contributed by atoms with Crippen LogP contribution in [-0.4, -0.2) is 20.5 Å². The lowest BCUT2D eigenvalue weighted by Crippen LogP contribution is -2.45. The first kappa shape index (κ1) is 14.6. The van der Waals surface area contributed by atoms with Crippen molar-refractivity contribution in [1.29, 1.82) is 0 Å². The molecule has 1 aliphatic carbocycles. The molecular formula is C16H28N2O. The average Bonchev–Trinajstić information content (AvgIpc) is 2.70. The van der Waals surface area contributed by atoms with Crippen LogP contribution in [0.1, 0.15) is 57.8 Å². The number of hydrogen-bond donors (Lipinski definition) is 1. The Morgan fingerprint density at radius 3 is 2.79 bits per heavy atom. The van der Waals surface area contributed by atoms with Crippen LogP contribution in [0.3, 0.4) is 0 Å². The Bertz CT molecular complexity index is 424. The molecule has 0 spiro atoms. The molecule has 1 fully saturated rings. The smallest absolute Gasteiger partial charge is 0.0733 e. The van der Waals surface area contributed by atoms with Crippen LogP contribution in [0, 0.1) is 11.8 Å². The summed E-state index contributed by atoms with van der Waals surface area (Å²) in [7, 11) is 1.99. The Labute approximate surface area is 117 Å². The molecule has 3 nitrogen and oxygen atoms in total. The van der Waals surface area contributed by atoms with Crippen molar-refractivity contribution in [2.75, 3.05) is 0 Å². The van der Waals surface area contributed by atoms with Crippen LogP contribution in [0.2, 0.25) is 0 Å². The highest BCUT2D eigenvalue weighted by atomic mass is 16.3. The van der Waals surface area contributed by atoms with Crippen molar-refractivity contribution in [3.05, 3.63) is 17.5 Å². The summed E-state index contributed by atoms with van der Waals surface area (Å²) < 4.78 is 1.95. The maximum Gasteiger partial charge on any atom is 0.0733 e. The lowest BCUT2D eigenvalue weighted by molar-refractivity contribution is -0.0664. The number of aliphatic hydroxyl groups is 1. The topological polar surface area (TPSA) is 38.0 Å². The quantitative estimate of drug-likeness (QED) is 0.907. The highest BCUT2D eigenvalue weighted by molar-refractivity contribution is 5.14. The first-order chi connectivity index (χ1) is 8.96. The Kier molecular flexibility index (Phi) is 4.34. The molecule has 1 saturated carbocycles. The maximum absolute atomic E-state index is 11.1. The van der Waals surface area contributed by atoms with Gasteiger partial charge in [0.25, 0.3) is 0 Å². The predicted molar refractivity (Wildman–Crippen MR) is 78.0 cm³/mol. The van der Waals surface area contributed by atoms with Crippen molar-refractivity contribution in [1.82, 2.24) is 9.78 Å². The fourth-order valence-corrected chi connectivity index (χ4v) is 3.65. The van der Waals surface area contributed by atoms with E-state index in [9.17, 15) is 5.11 Å². The second-order valence-corrected chi connectivity index (χ2v) is 6.48. The Hall–Kier alpha value is -0.830. The molecule has 0 amide bonds. The third kappa shape index (κ3) is 3.02. The summed E-state index contributed by atoms with van der Waals surface area (Å²) in [5.74, 6) is 0.963. The molecule has 0 bridgehead atoms. The van der Waals surface area contributed by atoms with Gasteiger partial charge < -0.3 is 5.11 Å². The van der Waals surface area contributed by atoms with Crippen LogP contribution in [0.4, 0.5) is 0 Å². The monoisotopic (exact) mass is 264 g/mol. The number of rotatable bonds is 4. The number of hydrogen-bond acceptors (Lipinski definition) is 2. The zero-order chi connectivity index (χ0) is 14.0. The van der Waals surface area contributed by atoms with Crippen LogP contribution in [-0.2, 0) is 19.9 Å². The number of aryl methyl sites for hydroxylation is 2. The minimum Gasteiger partial charge on any atom is -0.389 e. The van der Waals surface area contributed by atoms with Gasteiger partial charge in [0.1, 0.15) is 0 Å². The molecule has 0 saturated heterocycles. The lowest BCUT2D eigenvalue weighted by Gasteiger charge is -2.42. The fraction of sp³-hybridized carbons (Fsp3) is 0.812. The van der Waals surface area contributed by atoms with Gasteiger partial charge in [-0.2, -0.15) is 5.10 Å². The summed E-state index contributed by atoms with van der Waals surface area (Å²) in [6.07, 6.45) is 6.21. The summed E-state index contributed by atoms with van der Waals surface area (Å²) in [6.45, 7) is 6.60. The molecule has 0 radical (unpaired) electrons. The average molecular weight is 264 g/mol. The van der Waals surface area contributed by atoms with E-state index in [0.29, 0.717) is 11.8 Å². The molecule has 2 rings (SSSR count). The summed E-state index contributed by atoms with van der Waals surface area (Å²) in [4.78, 5) is 0. The van der Waals surface area contributed by atoms with Crippen molar-refractivity contribution < 1.29 is 5.11 Å². The highest BCUT2D eigenvalue weighted by Gasteiger charge is 2.40. The summed E-state index contributed by atoms with van der Waals surface area (Å²) in [6, 6.07) is 2.16. The SMILES string of the molecule is CCc1cc(CC2(O)CCCCC2C(C)C)n(C)n1. The van der Waals surface area contributed by atoms with Gasteiger partial charge in [0.2, 0.25) is 0 Å². The zero-order valence-electron chi connectivity index (χ0n) is 12.8. The molecule has 1 N–H and O–H groups in total. The third-order valence-corrected chi connectivity index (χ3v) is 4.75. The van der Waals surface area contributed by atoms with Crippen molar-refractivity contribution in [3.8, 4) is 0 Å². The van der Waals surface area contributed by atoms with E-state index >= 15 is 0 Å². The maximum atomic E-state index is 11.1. The van der Waals surface area contributed by atoms with Crippen molar-refractivity contribution in [3.63, 3.8) is 0 Å². The Morgan fingerprint density at radius 1 is 1.47 bits per heavy atom. The van der Waals surface area contributed by atoms with Crippen molar-refractivity contribution in [2.45, 2.75) is 64.9 Å². The van der Waals surface area contributed by atoms with E-state index in [1.165, 1.54) is 12.1 Å². The number of nitrogens with zero attached hydrogens (tertiary/aromatic N) is 2. The molecule has 3 heteroatoms. The van der Waals surface area contributed by atoms with E-state index in [0.717, 1.165) is 37.8 Å². The van der Waals surface area contributed by atoms with E-state index in [2.05, 4.69) is 31.9 Å². The normalized spacial score (nSPS) is 28.0. The molecule has 1 aromatic rings. The molecule has 0 aromatic carbocycles. The van der Waals surface area contributed by atoms with Crippen LogP contribution < -0.4 is 0 Å². The van der Waals surface area contributed by atoms with Crippen LogP contribution in [0.5, 0.6) is 0 Å². The molecule has 19 heavy (non-hydrogen) atoms. The first-order valence-corrected chi connectivity index (χ1v) is 7.70. The highest BCUT2D eigenvalue weighted by Crippen LogP contribution is 2.40. The minimum atomic E-state index is -0.536. The third-order valence-electron chi connectivity index (χ3n) is 4.75. The van der Waals surface area contributed by atoms with Crippen LogP contribution in [0.25, 0.3) is 0 Å². The molecule has 1 heterocycles. The van der Waals surface area contributed by atoms with Gasteiger partial charge in [-0.1, -0.05) is 33.6 Å². The van der Waals surface area contributed by atoms with Gasteiger partial charge in [0, 0.05) is 19.2 Å². The standard InChI is InChI=1S/C16H28N2O/c1-5-13-10-14(18(4)17-13)11-16(19)9-7-6-8-15(16)12(2)3/h10,12,15,19H,5-9,11H2,1-4H3. The largest absolute Gasteiger partial charge is 0.389 e. The summed E-state index contributed by atoms with van der Waals surface area (Å²) >= 11 is 0. The predicted octanol–water partition coefficient (Wildman–Crippen LogP) is 3.10. The Balaban J connectivity index is 2.20.